The highest BCUT2D eigenvalue weighted by Crippen LogP contribution is 2.31. The van der Waals surface area contributed by atoms with E-state index in [1.807, 2.05) is 20.9 Å². The van der Waals surface area contributed by atoms with Gasteiger partial charge >= 0.3 is 0 Å². The van der Waals surface area contributed by atoms with Gasteiger partial charge in [0.2, 0.25) is 11.8 Å². The lowest BCUT2D eigenvalue weighted by molar-refractivity contribution is -0.141. The molecule has 3 heterocycles. The lowest BCUT2D eigenvalue weighted by atomic mass is 9.84. The van der Waals surface area contributed by atoms with E-state index in [0.717, 1.165) is 31.4 Å². The molecule has 6 nitrogen and oxygen atoms in total. The van der Waals surface area contributed by atoms with E-state index >= 15 is 0 Å². The summed E-state index contributed by atoms with van der Waals surface area (Å²) in [5, 5.41) is 5.06. The van der Waals surface area contributed by atoms with Gasteiger partial charge in [-0.25, -0.2) is 4.98 Å². The molecule has 1 fully saturated rings. The zero-order valence-electron chi connectivity index (χ0n) is 14.1. The number of hydrogen-bond acceptors (Lipinski definition) is 4. The average molecular weight is 358 g/mol. The number of rotatable bonds is 5. The first kappa shape index (κ1) is 16.3. The Labute approximate surface area is 150 Å². The molecule has 1 atom stereocenters. The fourth-order valence-corrected chi connectivity index (χ4v) is 4.17. The van der Waals surface area contributed by atoms with Crippen LogP contribution in [0.3, 0.4) is 0 Å². The summed E-state index contributed by atoms with van der Waals surface area (Å²) in [5.74, 6) is 0.300. The number of aromatic nitrogens is 2. The molecule has 0 spiro atoms. The lowest BCUT2D eigenvalue weighted by Crippen LogP contribution is -2.49. The second kappa shape index (κ2) is 7.00. The van der Waals surface area contributed by atoms with E-state index in [1.165, 1.54) is 4.88 Å². The zero-order valence-corrected chi connectivity index (χ0v) is 14.9. The number of amides is 2. The van der Waals surface area contributed by atoms with E-state index in [1.54, 1.807) is 23.9 Å². The second-order valence-corrected chi connectivity index (χ2v) is 7.81. The van der Waals surface area contributed by atoms with Crippen molar-refractivity contribution in [3.8, 4) is 0 Å². The zero-order chi connectivity index (χ0) is 17.2. The minimum absolute atomic E-state index is 0.0399. The van der Waals surface area contributed by atoms with Gasteiger partial charge in [0, 0.05) is 23.5 Å². The molecule has 25 heavy (non-hydrogen) atoms. The Morgan fingerprint density at radius 3 is 2.96 bits per heavy atom. The van der Waals surface area contributed by atoms with E-state index in [-0.39, 0.29) is 17.7 Å². The molecule has 0 saturated heterocycles. The summed E-state index contributed by atoms with van der Waals surface area (Å²) in [4.78, 5) is 32.6. The van der Waals surface area contributed by atoms with Crippen LogP contribution in [-0.4, -0.2) is 39.4 Å². The molecule has 2 aliphatic rings. The van der Waals surface area contributed by atoms with Crippen molar-refractivity contribution in [1.82, 2.24) is 19.8 Å². The summed E-state index contributed by atoms with van der Waals surface area (Å²) < 4.78 is 1.91. The summed E-state index contributed by atoms with van der Waals surface area (Å²) in [7, 11) is 0. The molecular weight excluding hydrogens is 336 g/mol. The third-order valence-corrected chi connectivity index (χ3v) is 6.08. The van der Waals surface area contributed by atoms with Crippen LogP contribution in [0.5, 0.6) is 0 Å². The Morgan fingerprint density at radius 2 is 2.24 bits per heavy atom. The van der Waals surface area contributed by atoms with Crippen molar-refractivity contribution < 1.29 is 9.59 Å². The van der Waals surface area contributed by atoms with Crippen LogP contribution in [0, 0.1) is 5.92 Å². The maximum absolute atomic E-state index is 12.7. The first-order valence-corrected chi connectivity index (χ1v) is 9.70. The maximum atomic E-state index is 12.7. The Kier molecular flexibility index (Phi) is 4.57. The highest BCUT2D eigenvalue weighted by atomic mass is 32.1. The number of carbonyl (C=O) groups excluding carboxylic acids is 2. The van der Waals surface area contributed by atoms with Crippen molar-refractivity contribution in [2.75, 3.05) is 13.1 Å². The molecule has 1 aliphatic heterocycles. The molecular formula is C18H22N4O2S. The quantitative estimate of drug-likeness (QED) is 0.889. The smallest absolute Gasteiger partial charge is 0.244 e. The van der Waals surface area contributed by atoms with E-state index in [4.69, 9.17) is 0 Å². The van der Waals surface area contributed by atoms with E-state index < -0.39 is 6.04 Å². The maximum Gasteiger partial charge on any atom is 0.244 e. The van der Waals surface area contributed by atoms with E-state index in [0.29, 0.717) is 19.6 Å². The van der Waals surface area contributed by atoms with Crippen molar-refractivity contribution in [3.05, 3.63) is 40.6 Å². The molecule has 0 bridgehead atoms. The molecule has 4 rings (SSSR count). The summed E-state index contributed by atoms with van der Waals surface area (Å²) in [6.45, 7) is 1.59. The fraction of sp³-hybridized carbons (Fsp3) is 0.500. The number of carbonyl (C=O) groups is 2. The van der Waals surface area contributed by atoms with Crippen LogP contribution in [-0.2, 0) is 22.6 Å². The van der Waals surface area contributed by atoms with Gasteiger partial charge in [0.1, 0.15) is 6.04 Å². The molecule has 1 N–H and O–H groups in total. The molecule has 1 aliphatic carbocycles. The lowest BCUT2D eigenvalue weighted by Gasteiger charge is -2.37. The van der Waals surface area contributed by atoms with Crippen molar-refractivity contribution in [2.24, 2.45) is 5.92 Å². The largest absolute Gasteiger partial charge is 0.354 e. The van der Waals surface area contributed by atoms with Gasteiger partial charge in [0.25, 0.3) is 0 Å². The van der Waals surface area contributed by atoms with Gasteiger partial charge in [0.15, 0.2) is 0 Å². The number of hydrogen-bond donors (Lipinski definition) is 1. The molecule has 0 radical (unpaired) electrons. The summed E-state index contributed by atoms with van der Waals surface area (Å²) in [6, 6.07) is 3.70. The third-order valence-electron chi connectivity index (χ3n) is 5.15. The number of thiophene rings is 1. The van der Waals surface area contributed by atoms with Gasteiger partial charge in [0.05, 0.1) is 25.1 Å². The van der Waals surface area contributed by atoms with E-state index in [2.05, 4.69) is 16.4 Å². The number of nitrogens with one attached hydrogen (secondary N) is 1. The van der Waals surface area contributed by atoms with Crippen LogP contribution in [0.1, 0.15) is 35.9 Å². The Hall–Kier alpha value is -2.15. The summed E-state index contributed by atoms with van der Waals surface area (Å²) >= 11 is 1.70. The second-order valence-electron chi connectivity index (χ2n) is 6.78. The minimum atomic E-state index is -0.390. The van der Waals surface area contributed by atoms with Gasteiger partial charge in [-0.05, 0) is 30.7 Å². The summed E-state index contributed by atoms with van der Waals surface area (Å²) in [6.07, 6.45) is 7.38. The van der Waals surface area contributed by atoms with Gasteiger partial charge in [-0.2, -0.15) is 0 Å². The van der Waals surface area contributed by atoms with Crippen molar-refractivity contribution in [2.45, 2.75) is 38.3 Å². The molecule has 7 heteroatoms. The third kappa shape index (κ3) is 3.33. The predicted octanol–water partition coefficient (Wildman–Crippen LogP) is 1.99. The first-order valence-electron chi connectivity index (χ1n) is 8.82. The van der Waals surface area contributed by atoms with Crippen molar-refractivity contribution >= 4 is 23.2 Å². The van der Waals surface area contributed by atoms with Gasteiger partial charge in [-0.3, -0.25) is 9.59 Å². The van der Waals surface area contributed by atoms with Gasteiger partial charge < -0.3 is 14.8 Å². The highest BCUT2D eigenvalue weighted by Gasteiger charge is 2.36. The standard InChI is InChI=1S/C18H22N4O2S/c23-17(20-7-6-15-5-2-8-25-15)16-11-21(18(24)13-3-1-4-13)10-14-9-19-12-22(14)16/h2,5,8-9,12-13,16H,1,3-4,6-7,10-11H2,(H,20,23)/t16-/m0/s1. The van der Waals surface area contributed by atoms with Crippen molar-refractivity contribution in [1.29, 1.82) is 0 Å². The minimum Gasteiger partial charge on any atom is -0.354 e. The predicted molar refractivity (Wildman–Crippen MR) is 95.1 cm³/mol. The fourth-order valence-electron chi connectivity index (χ4n) is 3.46. The number of nitrogens with zero attached hydrogens (tertiary/aromatic N) is 3. The molecule has 2 aromatic heterocycles. The molecule has 0 aromatic carbocycles. The van der Waals surface area contributed by atoms with Crippen LogP contribution < -0.4 is 5.32 Å². The van der Waals surface area contributed by atoms with Crippen LogP contribution in [0.25, 0.3) is 0 Å². The number of fused-ring (bicyclic) bond motifs is 1. The molecule has 2 aromatic rings. The monoisotopic (exact) mass is 358 g/mol. The molecule has 132 valence electrons. The van der Waals surface area contributed by atoms with Crippen LogP contribution in [0.4, 0.5) is 0 Å². The highest BCUT2D eigenvalue weighted by molar-refractivity contribution is 7.09. The number of imidazole rings is 1. The first-order chi connectivity index (χ1) is 12.2. The molecule has 2 amide bonds. The van der Waals surface area contributed by atoms with Crippen LogP contribution in [0.2, 0.25) is 0 Å². The van der Waals surface area contributed by atoms with Gasteiger partial charge in [-0.1, -0.05) is 12.5 Å². The summed E-state index contributed by atoms with van der Waals surface area (Å²) in [5.41, 5.74) is 0.928. The SMILES string of the molecule is O=C(NCCc1cccs1)[C@@H]1CN(C(=O)C2CCC2)Cc2cncn21. The molecule has 0 unspecified atom stereocenters. The van der Waals surface area contributed by atoms with Crippen molar-refractivity contribution in [3.63, 3.8) is 0 Å². The Morgan fingerprint density at radius 1 is 1.36 bits per heavy atom. The topological polar surface area (TPSA) is 67.2 Å². The van der Waals surface area contributed by atoms with Crippen LogP contribution >= 0.6 is 11.3 Å². The van der Waals surface area contributed by atoms with Crippen LogP contribution in [0.15, 0.2) is 30.0 Å². The van der Waals surface area contributed by atoms with E-state index in [9.17, 15) is 9.59 Å². The normalized spacial score (nSPS) is 20.0. The Bertz CT molecular complexity index is 751. The average Bonchev–Trinajstić information content (AvgIpc) is 3.23. The van der Waals surface area contributed by atoms with Gasteiger partial charge in [-0.15, -0.1) is 11.3 Å². The molecule has 1 saturated carbocycles. The Balaban J connectivity index is 1.42.